The monoisotopic (exact) mass is 221 g/mol. The zero-order valence-electron chi connectivity index (χ0n) is 9.31. The Balaban J connectivity index is 2.24. The highest BCUT2D eigenvalue weighted by Crippen LogP contribution is 2.34. The van der Waals surface area contributed by atoms with E-state index < -0.39 is 0 Å². The molecule has 0 bridgehead atoms. The summed E-state index contributed by atoms with van der Waals surface area (Å²) in [5.74, 6) is 1.01. The second-order valence-electron chi connectivity index (χ2n) is 3.91. The average Bonchev–Trinajstić information content (AvgIpc) is 2.39. The second-order valence-corrected chi connectivity index (χ2v) is 3.91. The van der Waals surface area contributed by atoms with Gasteiger partial charge in [-0.2, -0.15) is 0 Å². The van der Waals surface area contributed by atoms with E-state index in [1.54, 1.807) is 0 Å². The molecule has 0 aliphatic carbocycles. The van der Waals surface area contributed by atoms with Gasteiger partial charge in [0.2, 0.25) is 0 Å². The molecule has 1 saturated heterocycles. The van der Waals surface area contributed by atoms with Gasteiger partial charge < -0.3 is 9.47 Å². The van der Waals surface area contributed by atoms with Crippen molar-refractivity contribution in [3.8, 4) is 5.75 Å². The quantitative estimate of drug-likeness (QED) is 0.737. The Labute approximate surface area is 94.5 Å². The van der Waals surface area contributed by atoms with Crippen molar-refractivity contribution in [3.63, 3.8) is 0 Å². The van der Waals surface area contributed by atoms with E-state index in [0.29, 0.717) is 17.4 Å². The number of nitrogens with zero attached hydrogens (tertiary/aromatic N) is 1. The molecule has 2 rings (SSSR count). The number of methoxy groups -OCH3 is 1. The Morgan fingerprint density at radius 1 is 1.38 bits per heavy atom. The predicted molar refractivity (Wildman–Crippen MR) is 61.2 cm³/mol. The summed E-state index contributed by atoms with van der Waals surface area (Å²) in [4.78, 5) is 10.7. The van der Waals surface area contributed by atoms with Gasteiger partial charge in [0, 0.05) is 13.2 Å². The minimum absolute atomic E-state index is 0.381. The summed E-state index contributed by atoms with van der Waals surface area (Å²) < 4.78 is 10.4. The van der Waals surface area contributed by atoms with Crippen molar-refractivity contribution in [1.82, 2.24) is 0 Å². The van der Waals surface area contributed by atoms with E-state index in [4.69, 9.17) is 9.47 Å². The Bertz CT molecular complexity index is 373. The molecular formula is C12H15NO3. The summed E-state index contributed by atoms with van der Waals surface area (Å²) in [7, 11) is 1.54. The first-order valence-corrected chi connectivity index (χ1v) is 5.44. The molecule has 0 radical (unpaired) electrons. The number of nitroso groups, excluding NO2 is 1. The normalized spacial score (nSPS) is 17.1. The summed E-state index contributed by atoms with van der Waals surface area (Å²) >= 11 is 0. The van der Waals surface area contributed by atoms with Crippen LogP contribution in [0, 0.1) is 4.91 Å². The Morgan fingerprint density at radius 2 is 2.12 bits per heavy atom. The van der Waals surface area contributed by atoms with E-state index >= 15 is 0 Å². The molecule has 0 N–H and O–H groups in total. The highest BCUT2D eigenvalue weighted by molar-refractivity contribution is 5.54. The zero-order chi connectivity index (χ0) is 11.4. The lowest BCUT2D eigenvalue weighted by molar-refractivity contribution is 0.0853. The molecule has 1 aliphatic heterocycles. The molecule has 0 saturated carbocycles. The zero-order valence-corrected chi connectivity index (χ0v) is 9.31. The summed E-state index contributed by atoms with van der Waals surface area (Å²) in [6.45, 7) is 1.58. The number of rotatable bonds is 3. The molecule has 0 aromatic heterocycles. The summed E-state index contributed by atoms with van der Waals surface area (Å²) in [5.41, 5.74) is 1.53. The molecule has 0 spiro atoms. The maximum Gasteiger partial charge on any atom is 0.150 e. The van der Waals surface area contributed by atoms with Crippen molar-refractivity contribution in [3.05, 3.63) is 28.7 Å². The highest BCUT2D eigenvalue weighted by Gasteiger charge is 2.17. The van der Waals surface area contributed by atoms with E-state index in [1.807, 2.05) is 18.2 Å². The van der Waals surface area contributed by atoms with E-state index in [1.165, 1.54) is 7.11 Å². The molecule has 0 amide bonds. The summed E-state index contributed by atoms with van der Waals surface area (Å²) in [6.07, 6.45) is 2.01. The van der Waals surface area contributed by atoms with Gasteiger partial charge in [-0.05, 0) is 41.6 Å². The minimum atomic E-state index is 0.381. The van der Waals surface area contributed by atoms with Crippen LogP contribution in [-0.2, 0) is 4.74 Å². The first kappa shape index (κ1) is 11.1. The lowest BCUT2D eigenvalue weighted by Crippen LogP contribution is -2.13. The second kappa shape index (κ2) is 5.07. The van der Waals surface area contributed by atoms with Crippen LogP contribution in [0.3, 0.4) is 0 Å². The van der Waals surface area contributed by atoms with E-state index in [-0.39, 0.29) is 0 Å². The fraction of sp³-hybridized carbons (Fsp3) is 0.500. The molecule has 16 heavy (non-hydrogen) atoms. The molecular weight excluding hydrogens is 206 g/mol. The molecule has 1 aromatic carbocycles. The van der Waals surface area contributed by atoms with Gasteiger partial charge >= 0.3 is 0 Å². The van der Waals surface area contributed by atoms with Crippen LogP contribution in [0.5, 0.6) is 5.75 Å². The lowest BCUT2D eigenvalue weighted by atomic mass is 9.91. The van der Waals surface area contributed by atoms with Crippen molar-refractivity contribution >= 4 is 5.69 Å². The third-order valence-electron chi connectivity index (χ3n) is 2.99. The van der Waals surface area contributed by atoms with E-state index in [0.717, 1.165) is 31.6 Å². The number of hydrogen-bond acceptors (Lipinski definition) is 4. The largest absolute Gasteiger partial charge is 0.494 e. The van der Waals surface area contributed by atoms with Crippen LogP contribution in [0.2, 0.25) is 0 Å². The Kier molecular flexibility index (Phi) is 3.51. The Hall–Kier alpha value is -1.42. The third kappa shape index (κ3) is 2.22. The van der Waals surface area contributed by atoms with Crippen LogP contribution in [-0.4, -0.2) is 20.3 Å². The fourth-order valence-corrected chi connectivity index (χ4v) is 2.06. The molecule has 1 fully saturated rings. The standard InChI is InChI=1S/C12H15NO3/c1-15-12-3-2-10(8-11(12)13-14)9-4-6-16-7-5-9/h2-3,8-9H,4-7H2,1H3. The summed E-state index contributed by atoms with van der Waals surface area (Å²) in [6, 6.07) is 5.63. The fourth-order valence-electron chi connectivity index (χ4n) is 2.06. The van der Waals surface area contributed by atoms with Crippen LogP contribution >= 0.6 is 0 Å². The molecule has 86 valence electrons. The van der Waals surface area contributed by atoms with Gasteiger partial charge in [-0.3, -0.25) is 0 Å². The average molecular weight is 221 g/mol. The topological polar surface area (TPSA) is 47.9 Å². The third-order valence-corrected chi connectivity index (χ3v) is 2.99. The molecule has 1 aromatic rings. The van der Waals surface area contributed by atoms with Gasteiger partial charge in [-0.15, -0.1) is 4.91 Å². The number of hydrogen-bond donors (Lipinski definition) is 0. The smallest absolute Gasteiger partial charge is 0.150 e. The van der Waals surface area contributed by atoms with E-state index in [2.05, 4.69) is 5.18 Å². The highest BCUT2D eigenvalue weighted by atomic mass is 16.5. The van der Waals surface area contributed by atoms with E-state index in [9.17, 15) is 4.91 Å². The van der Waals surface area contributed by atoms with Gasteiger partial charge in [0.1, 0.15) is 11.4 Å². The van der Waals surface area contributed by atoms with Crippen molar-refractivity contribution < 1.29 is 9.47 Å². The van der Waals surface area contributed by atoms with Crippen LogP contribution < -0.4 is 4.74 Å². The molecule has 1 heterocycles. The van der Waals surface area contributed by atoms with Gasteiger partial charge in [0.15, 0.2) is 0 Å². The van der Waals surface area contributed by atoms with Gasteiger partial charge in [-0.1, -0.05) is 6.07 Å². The first-order chi connectivity index (χ1) is 7.85. The summed E-state index contributed by atoms with van der Waals surface area (Å²) in [5, 5.41) is 2.99. The van der Waals surface area contributed by atoms with Crippen LogP contribution in [0.4, 0.5) is 5.69 Å². The molecule has 0 unspecified atom stereocenters. The maximum atomic E-state index is 10.7. The lowest BCUT2D eigenvalue weighted by Gasteiger charge is -2.22. The van der Waals surface area contributed by atoms with Gasteiger partial charge in [-0.25, -0.2) is 0 Å². The van der Waals surface area contributed by atoms with Gasteiger partial charge in [0.25, 0.3) is 0 Å². The van der Waals surface area contributed by atoms with Crippen LogP contribution in [0.1, 0.15) is 24.3 Å². The van der Waals surface area contributed by atoms with Crippen molar-refractivity contribution in [2.24, 2.45) is 5.18 Å². The molecule has 4 heteroatoms. The molecule has 0 atom stereocenters. The van der Waals surface area contributed by atoms with Crippen LogP contribution in [0.25, 0.3) is 0 Å². The Morgan fingerprint density at radius 3 is 2.75 bits per heavy atom. The maximum absolute atomic E-state index is 10.7. The van der Waals surface area contributed by atoms with Crippen molar-refractivity contribution in [2.75, 3.05) is 20.3 Å². The molecule has 1 aliphatic rings. The van der Waals surface area contributed by atoms with Crippen molar-refractivity contribution in [2.45, 2.75) is 18.8 Å². The van der Waals surface area contributed by atoms with Crippen molar-refractivity contribution in [1.29, 1.82) is 0 Å². The first-order valence-electron chi connectivity index (χ1n) is 5.44. The number of benzene rings is 1. The molecule has 4 nitrogen and oxygen atoms in total. The van der Waals surface area contributed by atoms with Crippen LogP contribution in [0.15, 0.2) is 23.4 Å². The van der Waals surface area contributed by atoms with Gasteiger partial charge in [0.05, 0.1) is 7.11 Å². The SMILES string of the molecule is COc1ccc(C2CCOCC2)cc1N=O. The number of ether oxygens (including phenoxy) is 2. The minimum Gasteiger partial charge on any atom is -0.494 e. The predicted octanol–water partition coefficient (Wildman–Crippen LogP) is 2.99.